The molecule has 1 fully saturated rings. The second-order valence-electron chi connectivity index (χ2n) is 5.98. The van der Waals surface area contributed by atoms with Crippen LogP contribution < -0.4 is 0 Å². The number of carbonyl (C=O) groups excluding carboxylic acids is 2. The van der Waals surface area contributed by atoms with E-state index in [0.29, 0.717) is 19.6 Å². The first-order valence-electron chi connectivity index (χ1n) is 6.73. The van der Waals surface area contributed by atoms with Crippen LogP contribution >= 0.6 is 27.3 Å². The second-order valence-corrected chi connectivity index (χ2v) is 8.27. The molecule has 0 spiro atoms. The predicted molar refractivity (Wildman–Crippen MR) is 85.2 cm³/mol. The molecule has 0 aromatic carbocycles. The van der Waals surface area contributed by atoms with Crippen molar-refractivity contribution in [3.63, 3.8) is 0 Å². The highest BCUT2D eigenvalue weighted by Gasteiger charge is 2.30. The molecule has 1 aliphatic heterocycles. The predicted octanol–water partition coefficient (Wildman–Crippen LogP) is 3.09. The van der Waals surface area contributed by atoms with E-state index in [1.54, 1.807) is 16.2 Å². The molecule has 7 heteroatoms. The molecule has 1 aromatic rings. The highest BCUT2D eigenvalue weighted by molar-refractivity contribution is 9.11. The van der Waals surface area contributed by atoms with Crippen molar-refractivity contribution in [2.45, 2.75) is 32.9 Å². The summed E-state index contributed by atoms with van der Waals surface area (Å²) < 4.78 is 6.35. The summed E-state index contributed by atoms with van der Waals surface area (Å²) in [5, 5.41) is 2.03. The van der Waals surface area contributed by atoms with Crippen molar-refractivity contribution in [1.29, 1.82) is 0 Å². The fourth-order valence-corrected chi connectivity index (χ4v) is 3.21. The molecule has 2 heterocycles. The number of nitrogens with zero attached hydrogens (tertiary/aromatic N) is 2. The molecule has 116 valence electrons. The molecule has 1 aliphatic rings. The summed E-state index contributed by atoms with van der Waals surface area (Å²) in [5.74, 6) is -0.0468. The third-order valence-corrected chi connectivity index (χ3v) is 4.52. The average molecular weight is 375 g/mol. The molecule has 0 atom stereocenters. The Hall–Kier alpha value is -1.08. The van der Waals surface area contributed by atoms with Gasteiger partial charge in [-0.25, -0.2) is 4.79 Å². The normalized spacial score (nSPS) is 16.3. The van der Waals surface area contributed by atoms with E-state index in [9.17, 15) is 9.59 Å². The molecule has 0 aliphatic carbocycles. The van der Waals surface area contributed by atoms with E-state index in [4.69, 9.17) is 4.74 Å². The highest BCUT2D eigenvalue weighted by Crippen LogP contribution is 2.22. The maximum atomic E-state index is 12.2. The van der Waals surface area contributed by atoms with Gasteiger partial charge in [-0.05, 0) is 53.7 Å². The van der Waals surface area contributed by atoms with E-state index in [-0.39, 0.29) is 12.5 Å². The number of hydrogen-bond acceptors (Lipinski definition) is 4. The van der Waals surface area contributed by atoms with Crippen LogP contribution in [0.5, 0.6) is 0 Å². The minimum atomic E-state index is -0.541. The van der Waals surface area contributed by atoms with E-state index in [1.165, 1.54) is 4.90 Å². The van der Waals surface area contributed by atoms with E-state index in [2.05, 4.69) is 15.9 Å². The molecule has 2 rings (SSSR count). The summed E-state index contributed by atoms with van der Waals surface area (Å²) in [4.78, 5) is 27.3. The van der Waals surface area contributed by atoms with Crippen LogP contribution in [0.25, 0.3) is 0 Å². The monoisotopic (exact) mass is 374 g/mol. The zero-order valence-electron chi connectivity index (χ0n) is 12.4. The van der Waals surface area contributed by atoms with Gasteiger partial charge in [-0.2, -0.15) is 0 Å². The van der Waals surface area contributed by atoms with Gasteiger partial charge < -0.3 is 9.64 Å². The fourth-order valence-electron chi connectivity index (χ4n) is 2.01. The Kier molecular flexibility index (Phi) is 4.93. The molecule has 0 saturated carbocycles. The van der Waals surface area contributed by atoms with Gasteiger partial charge in [-0.15, -0.1) is 11.3 Å². The Balaban J connectivity index is 1.90. The number of rotatable bonds is 2. The Labute approximate surface area is 137 Å². The van der Waals surface area contributed by atoms with Crippen LogP contribution in [-0.4, -0.2) is 47.0 Å². The third-order valence-electron chi connectivity index (χ3n) is 2.97. The topological polar surface area (TPSA) is 49.9 Å². The summed E-state index contributed by atoms with van der Waals surface area (Å²) >= 11 is 5.01. The van der Waals surface area contributed by atoms with Crippen molar-refractivity contribution >= 4 is 39.3 Å². The quantitative estimate of drug-likeness (QED) is 0.798. The van der Waals surface area contributed by atoms with Crippen LogP contribution in [0.15, 0.2) is 15.2 Å². The first kappa shape index (κ1) is 16.3. The first-order valence-corrected chi connectivity index (χ1v) is 8.40. The molecule has 0 radical (unpaired) electrons. The van der Waals surface area contributed by atoms with Crippen LogP contribution in [0.4, 0.5) is 4.79 Å². The lowest BCUT2D eigenvalue weighted by Gasteiger charge is -2.35. The van der Waals surface area contributed by atoms with Gasteiger partial charge in [-0.1, -0.05) is 0 Å². The van der Waals surface area contributed by atoms with E-state index in [0.717, 1.165) is 9.35 Å². The molecule has 0 unspecified atom stereocenters. The SMILES string of the molecule is CC(C)(C)OC(=O)N1CCN(Cc2csc(Br)c2)C(=O)C1. The summed E-state index contributed by atoms with van der Waals surface area (Å²) in [6, 6.07) is 2.01. The minimum Gasteiger partial charge on any atom is -0.444 e. The molecular formula is C14H19BrN2O3S. The average Bonchev–Trinajstić information content (AvgIpc) is 2.75. The van der Waals surface area contributed by atoms with Gasteiger partial charge in [0.2, 0.25) is 5.91 Å². The molecule has 5 nitrogen and oxygen atoms in total. The first-order chi connectivity index (χ1) is 9.74. The summed E-state index contributed by atoms with van der Waals surface area (Å²) in [6.45, 7) is 7.16. The van der Waals surface area contributed by atoms with Crippen molar-refractivity contribution in [1.82, 2.24) is 9.80 Å². The van der Waals surface area contributed by atoms with Gasteiger partial charge >= 0.3 is 6.09 Å². The Morgan fingerprint density at radius 3 is 2.67 bits per heavy atom. The molecule has 21 heavy (non-hydrogen) atoms. The van der Waals surface area contributed by atoms with Gasteiger partial charge in [0, 0.05) is 19.6 Å². The number of piperazine rings is 1. The minimum absolute atomic E-state index is 0.0468. The van der Waals surface area contributed by atoms with Crippen molar-refractivity contribution in [3.8, 4) is 0 Å². The molecule has 0 N–H and O–H groups in total. The van der Waals surface area contributed by atoms with Crippen LogP contribution in [0.1, 0.15) is 26.3 Å². The molecule has 1 saturated heterocycles. The molecule has 0 bridgehead atoms. The highest BCUT2D eigenvalue weighted by atomic mass is 79.9. The fraction of sp³-hybridized carbons (Fsp3) is 0.571. The molecular weight excluding hydrogens is 356 g/mol. The van der Waals surface area contributed by atoms with Crippen molar-refractivity contribution in [2.75, 3.05) is 19.6 Å². The van der Waals surface area contributed by atoms with Gasteiger partial charge in [0.25, 0.3) is 0 Å². The maximum Gasteiger partial charge on any atom is 0.410 e. The van der Waals surface area contributed by atoms with Gasteiger partial charge in [-0.3, -0.25) is 9.69 Å². The van der Waals surface area contributed by atoms with E-state index < -0.39 is 11.7 Å². The number of thiophene rings is 1. The number of hydrogen-bond donors (Lipinski definition) is 0. The zero-order valence-corrected chi connectivity index (χ0v) is 14.8. The lowest BCUT2D eigenvalue weighted by molar-refractivity contribution is -0.136. The smallest absolute Gasteiger partial charge is 0.410 e. The summed E-state index contributed by atoms with van der Waals surface area (Å²) in [6.07, 6.45) is -0.422. The van der Waals surface area contributed by atoms with Crippen LogP contribution in [-0.2, 0) is 16.1 Å². The standard InChI is InChI=1S/C14H19BrN2O3S/c1-14(2,3)20-13(19)17-5-4-16(12(18)8-17)7-10-6-11(15)21-9-10/h6,9H,4-5,7-8H2,1-3H3. The van der Waals surface area contributed by atoms with Gasteiger partial charge in [0.05, 0.1) is 3.79 Å². The van der Waals surface area contributed by atoms with Gasteiger partial charge in [0.15, 0.2) is 0 Å². The second kappa shape index (κ2) is 6.36. The van der Waals surface area contributed by atoms with Crippen molar-refractivity contribution in [2.24, 2.45) is 0 Å². The molecule has 1 aromatic heterocycles. The van der Waals surface area contributed by atoms with Crippen molar-refractivity contribution < 1.29 is 14.3 Å². The maximum absolute atomic E-state index is 12.2. The Morgan fingerprint density at radius 2 is 2.14 bits per heavy atom. The largest absolute Gasteiger partial charge is 0.444 e. The van der Waals surface area contributed by atoms with Crippen LogP contribution in [0.2, 0.25) is 0 Å². The number of carbonyl (C=O) groups is 2. The van der Waals surface area contributed by atoms with Crippen LogP contribution in [0, 0.1) is 0 Å². The molecule has 2 amide bonds. The number of amides is 2. The summed E-state index contributed by atoms with van der Waals surface area (Å²) in [7, 11) is 0. The Morgan fingerprint density at radius 1 is 1.43 bits per heavy atom. The zero-order chi connectivity index (χ0) is 15.6. The van der Waals surface area contributed by atoms with Crippen molar-refractivity contribution in [3.05, 3.63) is 20.8 Å². The van der Waals surface area contributed by atoms with E-state index in [1.807, 2.05) is 32.2 Å². The summed E-state index contributed by atoms with van der Waals surface area (Å²) in [5.41, 5.74) is 0.561. The Bertz CT molecular complexity index is 539. The number of halogens is 1. The lowest BCUT2D eigenvalue weighted by Crippen LogP contribution is -2.52. The number of ether oxygens (including phenoxy) is 1. The lowest BCUT2D eigenvalue weighted by atomic mass is 10.2. The third kappa shape index (κ3) is 4.71. The van der Waals surface area contributed by atoms with E-state index >= 15 is 0 Å². The van der Waals surface area contributed by atoms with Gasteiger partial charge in [0.1, 0.15) is 12.1 Å². The van der Waals surface area contributed by atoms with Crippen LogP contribution in [0.3, 0.4) is 0 Å².